The fraction of sp³-hybridized carbons (Fsp3) is 0.500. The first kappa shape index (κ1) is 16.0. The van der Waals surface area contributed by atoms with Gasteiger partial charge in [0.25, 0.3) is 0 Å². The average molecular weight is 345 g/mol. The summed E-state index contributed by atoms with van der Waals surface area (Å²) in [6.07, 6.45) is 6.50. The van der Waals surface area contributed by atoms with Crippen LogP contribution in [0, 0.1) is 0 Å². The lowest BCUT2D eigenvalue weighted by Gasteiger charge is -2.42. The van der Waals surface area contributed by atoms with E-state index in [0.717, 1.165) is 36.7 Å². The highest BCUT2D eigenvalue weighted by molar-refractivity contribution is 7.89. The van der Waals surface area contributed by atoms with Crippen LogP contribution in [0.4, 0.5) is 0 Å². The van der Waals surface area contributed by atoms with Crippen molar-refractivity contribution in [2.45, 2.75) is 43.2 Å². The van der Waals surface area contributed by atoms with Gasteiger partial charge in [-0.3, -0.25) is 9.88 Å². The molecule has 1 aromatic carbocycles. The molecule has 2 aliphatic heterocycles. The van der Waals surface area contributed by atoms with Crippen LogP contribution in [0.15, 0.2) is 41.6 Å². The Morgan fingerprint density at radius 2 is 2.12 bits per heavy atom. The van der Waals surface area contributed by atoms with Gasteiger partial charge in [-0.15, -0.1) is 0 Å². The monoisotopic (exact) mass is 345 g/mol. The molecule has 2 atom stereocenters. The lowest BCUT2D eigenvalue weighted by molar-refractivity contribution is 0.106. The van der Waals surface area contributed by atoms with Crippen LogP contribution in [-0.4, -0.2) is 54.3 Å². The van der Waals surface area contributed by atoms with Gasteiger partial charge < -0.3 is 0 Å². The molecule has 2 fully saturated rings. The van der Waals surface area contributed by atoms with E-state index in [1.165, 1.54) is 6.42 Å². The number of nitrogens with zero attached hydrogens (tertiary/aromatic N) is 3. The average Bonchev–Trinajstić information content (AvgIpc) is 3.07. The van der Waals surface area contributed by atoms with Gasteiger partial charge in [-0.2, -0.15) is 4.31 Å². The van der Waals surface area contributed by atoms with Crippen molar-refractivity contribution in [2.75, 3.05) is 19.6 Å². The Balaban J connectivity index is 1.78. The van der Waals surface area contributed by atoms with Gasteiger partial charge in [-0.1, -0.05) is 19.1 Å². The van der Waals surface area contributed by atoms with Gasteiger partial charge in [0.05, 0.1) is 4.90 Å². The Kier molecular flexibility index (Phi) is 4.06. The quantitative estimate of drug-likeness (QED) is 0.858. The number of sulfonamides is 1. The second-order valence-corrected chi connectivity index (χ2v) is 8.64. The molecule has 5 nitrogen and oxygen atoms in total. The molecule has 2 saturated heterocycles. The summed E-state index contributed by atoms with van der Waals surface area (Å²) in [6, 6.07) is 7.68. The van der Waals surface area contributed by atoms with Crippen molar-refractivity contribution in [3.8, 4) is 0 Å². The van der Waals surface area contributed by atoms with Crippen LogP contribution in [-0.2, 0) is 10.0 Å². The molecule has 2 aromatic rings. The van der Waals surface area contributed by atoms with Crippen LogP contribution >= 0.6 is 0 Å². The smallest absolute Gasteiger partial charge is 0.244 e. The van der Waals surface area contributed by atoms with Gasteiger partial charge in [0, 0.05) is 48.3 Å². The minimum atomic E-state index is -3.51. The zero-order valence-corrected chi connectivity index (χ0v) is 14.7. The zero-order valence-electron chi connectivity index (χ0n) is 13.9. The van der Waals surface area contributed by atoms with Crippen LogP contribution < -0.4 is 0 Å². The zero-order chi connectivity index (χ0) is 16.7. The summed E-state index contributed by atoms with van der Waals surface area (Å²) >= 11 is 0. The molecule has 3 heterocycles. The van der Waals surface area contributed by atoms with E-state index >= 15 is 0 Å². The van der Waals surface area contributed by atoms with Gasteiger partial charge in [-0.25, -0.2) is 8.42 Å². The first-order chi connectivity index (χ1) is 11.6. The summed E-state index contributed by atoms with van der Waals surface area (Å²) in [5, 5.41) is 1.63. The van der Waals surface area contributed by atoms with Crippen molar-refractivity contribution < 1.29 is 8.42 Å². The van der Waals surface area contributed by atoms with E-state index in [-0.39, 0.29) is 6.04 Å². The number of hydrogen-bond donors (Lipinski definition) is 0. The molecule has 6 heteroatoms. The van der Waals surface area contributed by atoms with E-state index < -0.39 is 10.0 Å². The van der Waals surface area contributed by atoms with Crippen molar-refractivity contribution >= 4 is 20.8 Å². The second kappa shape index (κ2) is 6.10. The van der Waals surface area contributed by atoms with Crippen LogP contribution in [0.1, 0.15) is 26.2 Å². The summed E-state index contributed by atoms with van der Waals surface area (Å²) in [6.45, 7) is 4.65. The third-order valence-electron chi connectivity index (χ3n) is 5.44. The van der Waals surface area contributed by atoms with Crippen LogP contribution in [0.5, 0.6) is 0 Å². The minimum Gasteiger partial charge on any atom is -0.297 e. The molecule has 0 aliphatic carbocycles. The summed E-state index contributed by atoms with van der Waals surface area (Å²) in [7, 11) is -3.51. The van der Waals surface area contributed by atoms with Crippen molar-refractivity contribution in [1.29, 1.82) is 0 Å². The first-order valence-electron chi connectivity index (χ1n) is 8.70. The summed E-state index contributed by atoms with van der Waals surface area (Å²) in [5.41, 5.74) is 0. The van der Waals surface area contributed by atoms with Gasteiger partial charge in [-0.05, 0) is 37.9 Å². The molecular formula is C18H23N3O2S. The Bertz CT molecular complexity index is 847. The standard InChI is InChI=1S/C18H23N3O2S/c1-2-15-12-20-10-4-6-16(20)13-21(15)24(22,23)18-7-3-5-14-11-19-9-8-17(14)18/h3,5,7-9,11,15-16H,2,4,6,10,12-13H2,1H3/t15-,16-/m0/s1. The molecule has 0 N–H and O–H groups in total. The third kappa shape index (κ3) is 2.53. The molecule has 1 aromatic heterocycles. The predicted molar refractivity (Wildman–Crippen MR) is 94.3 cm³/mol. The largest absolute Gasteiger partial charge is 0.297 e. The summed E-state index contributed by atoms with van der Waals surface area (Å²) < 4.78 is 28.7. The van der Waals surface area contributed by atoms with Gasteiger partial charge >= 0.3 is 0 Å². The molecule has 2 aliphatic rings. The maximum atomic E-state index is 13.4. The lowest BCUT2D eigenvalue weighted by atomic mass is 10.1. The van der Waals surface area contributed by atoms with Crippen molar-refractivity contribution in [3.05, 3.63) is 36.7 Å². The highest BCUT2D eigenvalue weighted by Gasteiger charge is 2.41. The Morgan fingerprint density at radius 1 is 1.25 bits per heavy atom. The van der Waals surface area contributed by atoms with Gasteiger partial charge in [0.2, 0.25) is 10.0 Å². The van der Waals surface area contributed by atoms with E-state index in [2.05, 4.69) is 16.8 Å². The van der Waals surface area contributed by atoms with Gasteiger partial charge in [0.1, 0.15) is 0 Å². The number of pyridine rings is 1. The Morgan fingerprint density at radius 3 is 2.96 bits per heavy atom. The second-order valence-electron chi connectivity index (χ2n) is 6.78. The Labute approximate surface area is 143 Å². The molecule has 0 unspecified atom stereocenters. The number of piperazine rings is 1. The minimum absolute atomic E-state index is 0.0569. The lowest BCUT2D eigenvalue weighted by Crippen LogP contribution is -2.57. The third-order valence-corrected chi connectivity index (χ3v) is 7.42. The van der Waals surface area contributed by atoms with Crippen LogP contribution in [0.25, 0.3) is 10.8 Å². The van der Waals surface area contributed by atoms with Crippen LogP contribution in [0.3, 0.4) is 0 Å². The van der Waals surface area contributed by atoms with E-state index in [4.69, 9.17) is 0 Å². The van der Waals surface area contributed by atoms with Crippen molar-refractivity contribution in [1.82, 2.24) is 14.2 Å². The number of aromatic nitrogens is 1. The first-order valence-corrected chi connectivity index (χ1v) is 10.1. The molecule has 0 radical (unpaired) electrons. The Hall–Kier alpha value is -1.50. The van der Waals surface area contributed by atoms with E-state index in [1.54, 1.807) is 28.8 Å². The van der Waals surface area contributed by atoms with E-state index in [9.17, 15) is 8.42 Å². The fourth-order valence-electron chi connectivity index (χ4n) is 4.13. The summed E-state index contributed by atoms with van der Waals surface area (Å²) in [4.78, 5) is 6.98. The highest BCUT2D eigenvalue weighted by Crippen LogP contribution is 2.32. The molecule has 0 spiro atoms. The van der Waals surface area contributed by atoms with Gasteiger partial charge in [0.15, 0.2) is 0 Å². The molecule has 0 amide bonds. The number of fused-ring (bicyclic) bond motifs is 2. The molecule has 128 valence electrons. The highest BCUT2D eigenvalue weighted by atomic mass is 32.2. The van der Waals surface area contributed by atoms with E-state index in [0.29, 0.717) is 17.5 Å². The van der Waals surface area contributed by atoms with Crippen molar-refractivity contribution in [3.63, 3.8) is 0 Å². The topological polar surface area (TPSA) is 53.5 Å². The maximum absolute atomic E-state index is 13.4. The molecule has 0 bridgehead atoms. The van der Waals surface area contributed by atoms with E-state index in [1.807, 2.05) is 12.1 Å². The summed E-state index contributed by atoms with van der Waals surface area (Å²) in [5.74, 6) is 0. The SMILES string of the molecule is CC[C@H]1CN2CCC[C@H]2CN1S(=O)(=O)c1cccc2cnccc12. The fourth-order valence-corrected chi connectivity index (χ4v) is 6.08. The van der Waals surface area contributed by atoms with Crippen molar-refractivity contribution in [2.24, 2.45) is 0 Å². The molecule has 24 heavy (non-hydrogen) atoms. The number of rotatable bonds is 3. The molecule has 0 saturated carbocycles. The molecular weight excluding hydrogens is 322 g/mol. The van der Waals surface area contributed by atoms with Crippen LogP contribution in [0.2, 0.25) is 0 Å². The molecule has 4 rings (SSSR count). The number of hydrogen-bond acceptors (Lipinski definition) is 4. The maximum Gasteiger partial charge on any atom is 0.244 e. The number of benzene rings is 1. The predicted octanol–water partition coefficient (Wildman–Crippen LogP) is 2.48. The normalized spacial score (nSPS) is 25.9.